The van der Waals surface area contributed by atoms with Crippen LogP contribution in [-0.2, 0) is 5.11 Å². The van der Waals surface area contributed by atoms with Crippen molar-refractivity contribution in [1.29, 1.82) is 0 Å². The molecule has 0 bridgehead atoms. The first kappa shape index (κ1) is 9.28. The van der Waals surface area contributed by atoms with Gasteiger partial charge in [0.05, 0.1) is 0 Å². The predicted molar refractivity (Wildman–Crippen MR) is 43.1 cm³/mol. The van der Waals surface area contributed by atoms with E-state index in [0.717, 1.165) is 19.1 Å². The van der Waals surface area contributed by atoms with Crippen LogP contribution in [0.4, 0.5) is 0 Å². The van der Waals surface area contributed by atoms with E-state index in [1.165, 1.54) is 12.8 Å². The van der Waals surface area contributed by atoms with Gasteiger partial charge in [0.2, 0.25) is 0 Å². The maximum absolute atomic E-state index is 9.80. The highest BCUT2D eigenvalue weighted by Crippen LogP contribution is 1.96. The van der Waals surface area contributed by atoms with Crippen LogP contribution in [0.25, 0.3) is 0 Å². The van der Waals surface area contributed by atoms with Crippen LogP contribution >= 0.6 is 0 Å². The molecular weight excluding hydrogens is 124 g/mol. The minimum atomic E-state index is 0.785. The summed E-state index contributed by atoms with van der Waals surface area (Å²) < 4.78 is 0. The van der Waals surface area contributed by atoms with Crippen molar-refractivity contribution >= 4 is 0 Å². The monoisotopic (exact) mass is 139 g/mol. The SMILES string of the molecule is CCCC/C=C/C/C=C/[O]. The average molecular weight is 139 g/mol. The van der Waals surface area contributed by atoms with E-state index in [2.05, 4.69) is 13.0 Å². The Labute approximate surface area is 63.1 Å². The van der Waals surface area contributed by atoms with E-state index in [0.29, 0.717) is 0 Å². The molecule has 0 rings (SSSR count). The fraction of sp³-hybridized carbons (Fsp3) is 0.556. The Hall–Kier alpha value is -0.720. The maximum Gasteiger partial charge on any atom is 0.139 e. The first-order valence-corrected chi connectivity index (χ1v) is 3.83. The highest BCUT2D eigenvalue weighted by Gasteiger charge is 1.76. The van der Waals surface area contributed by atoms with Crippen molar-refractivity contribution in [2.45, 2.75) is 32.6 Å². The van der Waals surface area contributed by atoms with Crippen LogP contribution < -0.4 is 0 Å². The van der Waals surface area contributed by atoms with Crippen LogP contribution in [0.1, 0.15) is 32.6 Å². The summed E-state index contributed by atoms with van der Waals surface area (Å²) in [6.07, 6.45) is 11.0. The van der Waals surface area contributed by atoms with E-state index in [1.807, 2.05) is 6.08 Å². The Morgan fingerprint density at radius 2 is 2.00 bits per heavy atom. The molecule has 1 heteroatoms. The third kappa shape index (κ3) is 7.28. The molecule has 0 unspecified atom stereocenters. The minimum Gasteiger partial charge on any atom is -0.299 e. The molecule has 0 atom stereocenters. The smallest absolute Gasteiger partial charge is 0.139 e. The van der Waals surface area contributed by atoms with Crippen LogP contribution in [-0.4, -0.2) is 0 Å². The number of allylic oxidation sites excluding steroid dienone is 3. The van der Waals surface area contributed by atoms with E-state index >= 15 is 0 Å². The minimum absolute atomic E-state index is 0.785. The summed E-state index contributed by atoms with van der Waals surface area (Å²) in [4.78, 5) is 0. The van der Waals surface area contributed by atoms with E-state index in [1.54, 1.807) is 6.08 Å². The van der Waals surface area contributed by atoms with Crippen molar-refractivity contribution in [3.05, 3.63) is 24.5 Å². The summed E-state index contributed by atoms with van der Waals surface area (Å²) in [6, 6.07) is 0. The quantitative estimate of drug-likeness (QED) is 0.317. The summed E-state index contributed by atoms with van der Waals surface area (Å²) >= 11 is 0. The van der Waals surface area contributed by atoms with E-state index < -0.39 is 0 Å². The van der Waals surface area contributed by atoms with Crippen LogP contribution in [0, 0.1) is 0 Å². The third-order valence-corrected chi connectivity index (χ3v) is 1.26. The first-order valence-electron chi connectivity index (χ1n) is 3.83. The number of unbranched alkanes of at least 4 members (excludes halogenated alkanes) is 2. The van der Waals surface area contributed by atoms with Gasteiger partial charge in [0.15, 0.2) is 0 Å². The molecule has 0 aromatic rings. The summed E-state index contributed by atoms with van der Waals surface area (Å²) in [6.45, 7) is 2.17. The van der Waals surface area contributed by atoms with Gasteiger partial charge in [-0.1, -0.05) is 31.9 Å². The number of hydrogen-bond acceptors (Lipinski definition) is 0. The predicted octanol–water partition coefficient (Wildman–Crippen LogP) is 3.07. The van der Waals surface area contributed by atoms with E-state index in [4.69, 9.17) is 0 Å². The third-order valence-electron chi connectivity index (χ3n) is 1.26. The van der Waals surface area contributed by atoms with Crippen LogP contribution in [0.15, 0.2) is 24.5 Å². The van der Waals surface area contributed by atoms with Crippen molar-refractivity contribution < 1.29 is 5.11 Å². The highest BCUT2D eigenvalue weighted by atomic mass is 16.2. The lowest BCUT2D eigenvalue weighted by molar-refractivity contribution is 0.350. The van der Waals surface area contributed by atoms with Crippen molar-refractivity contribution in [1.82, 2.24) is 0 Å². The van der Waals surface area contributed by atoms with Gasteiger partial charge in [-0.2, -0.15) is 0 Å². The molecule has 1 nitrogen and oxygen atoms in total. The lowest BCUT2D eigenvalue weighted by Gasteiger charge is -1.86. The van der Waals surface area contributed by atoms with Gasteiger partial charge in [0.1, 0.15) is 6.26 Å². The van der Waals surface area contributed by atoms with Crippen molar-refractivity contribution in [3.63, 3.8) is 0 Å². The summed E-state index contributed by atoms with van der Waals surface area (Å²) in [5.41, 5.74) is 0. The second-order valence-corrected chi connectivity index (χ2v) is 2.22. The Balaban J connectivity index is 3.04. The Morgan fingerprint density at radius 3 is 2.60 bits per heavy atom. The zero-order chi connectivity index (χ0) is 7.66. The Morgan fingerprint density at radius 1 is 1.20 bits per heavy atom. The molecule has 0 N–H and O–H groups in total. The van der Waals surface area contributed by atoms with Crippen molar-refractivity contribution in [2.24, 2.45) is 0 Å². The molecule has 0 saturated carbocycles. The van der Waals surface area contributed by atoms with Gasteiger partial charge < -0.3 is 0 Å². The largest absolute Gasteiger partial charge is 0.299 e. The van der Waals surface area contributed by atoms with Crippen LogP contribution in [0.2, 0.25) is 0 Å². The average Bonchev–Trinajstić information content (AvgIpc) is 1.97. The molecule has 0 aromatic heterocycles. The normalized spacial score (nSPS) is 11.7. The molecule has 0 fully saturated rings. The first-order chi connectivity index (χ1) is 4.91. The summed E-state index contributed by atoms with van der Waals surface area (Å²) in [5, 5.41) is 9.80. The Kier molecular flexibility index (Phi) is 7.68. The molecule has 10 heavy (non-hydrogen) atoms. The molecule has 0 aliphatic heterocycles. The molecule has 0 spiro atoms. The summed E-state index contributed by atoms with van der Waals surface area (Å²) in [5.74, 6) is 0. The molecule has 0 aliphatic carbocycles. The van der Waals surface area contributed by atoms with Crippen molar-refractivity contribution in [3.8, 4) is 0 Å². The number of hydrogen-bond donors (Lipinski definition) is 0. The molecule has 0 amide bonds. The zero-order valence-electron chi connectivity index (χ0n) is 6.55. The molecule has 0 aliphatic rings. The molecule has 57 valence electrons. The molecule has 0 saturated heterocycles. The maximum atomic E-state index is 9.80. The van der Waals surface area contributed by atoms with Gasteiger partial charge in [0.25, 0.3) is 0 Å². The standard InChI is InChI=1S/C9H15O/c1-2-3-4-5-6-7-8-9-10/h5-6,8-9H,2-4,7H2,1H3/b6-5+,9-8+. The fourth-order valence-electron chi connectivity index (χ4n) is 0.670. The van der Waals surface area contributed by atoms with Crippen molar-refractivity contribution in [2.75, 3.05) is 0 Å². The lowest BCUT2D eigenvalue weighted by atomic mass is 10.2. The highest BCUT2D eigenvalue weighted by molar-refractivity contribution is 4.89. The Bertz CT molecular complexity index is 103. The van der Waals surface area contributed by atoms with Crippen LogP contribution in [0.3, 0.4) is 0 Å². The van der Waals surface area contributed by atoms with E-state index in [9.17, 15) is 5.11 Å². The fourth-order valence-corrected chi connectivity index (χ4v) is 0.670. The van der Waals surface area contributed by atoms with Gasteiger partial charge >= 0.3 is 0 Å². The molecule has 0 aromatic carbocycles. The zero-order valence-corrected chi connectivity index (χ0v) is 6.55. The second-order valence-electron chi connectivity index (χ2n) is 2.22. The van der Waals surface area contributed by atoms with Gasteiger partial charge in [-0.25, -0.2) is 0 Å². The van der Waals surface area contributed by atoms with Gasteiger partial charge in [-0.05, 0) is 18.9 Å². The summed E-state index contributed by atoms with van der Waals surface area (Å²) in [7, 11) is 0. The van der Waals surface area contributed by atoms with E-state index in [-0.39, 0.29) is 0 Å². The number of rotatable bonds is 5. The van der Waals surface area contributed by atoms with Crippen LogP contribution in [0.5, 0.6) is 0 Å². The topological polar surface area (TPSA) is 19.9 Å². The second kappa shape index (κ2) is 8.28. The lowest BCUT2D eigenvalue weighted by Crippen LogP contribution is -1.66. The molecular formula is C9H15O. The van der Waals surface area contributed by atoms with Gasteiger partial charge in [-0.15, -0.1) is 0 Å². The van der Waals surface area contributed by atoms with Gasteiger partial charge in [-0.3, -0.25) is 5.11 Å². The molecule has 1 radical (unpaired) electrons. The van der Waals surface area contributed by atoms with Gasteiger partial charge in [0, 0.05) is 0 Å². The molecule has 0 heterocycles.